The molecule has 142 valence electrons. The topological polar surface area (TPSA) is 33.2 Å². The lowest BCUT2D eigenvalue weighted by molar-refractivity contribution is 0.0760. The van der Waals surface area contributed by atoms with Crippen molar-refractivity contribution in [3.63, 3.8) is 0 Å². The molecule has 3 aromatic rings. The number of nitrogens with zero attached hydrogens (tertiary/aromatic N) is 2. The van der Waals surface area contributed by atoms with Gasteiger partial charge in [-0.15, -0.1) is 0 Å². The van der Waals surface area contributed by atoms with Crippen LogP contribution in [0.25, 0.3) is 11.3 Å². The standard InChI is InChI=1S/C24H23FN2O/c25-22-11-8-20(9-12-22)23-13-10-21(17-26-23)24(28)27-15-4-7-19(14-16-27)18-5-2-1-3-6-18/h1-3,5-6,8-13,17,19H,4,7,14-16H2/t19-/m1/s1. The van der Waals surface area contributed by atoms with Crippen LogP contribution in [0.15, 0.2) is 72.9 Å². The van der Waals surface area contributed by atoms with Crippen LogP contribution in [0.4, 0.5) is 4.39 Å². The van der Waals surface area contributed by atoms with Crippen LogP contribution < -0.4 is 0 Å². The molecule has 0 radical (unpaired) electrons. The summed E-state index contributed by atoms with van der Waals surface area (Å²) >= 11 is 0. The second-order valence-electron chi connectivity index (χ2n) is 7.27. The predicted molar refractivity (Wildman–Crippen MR) is 109 cm³/mol. The van der Waals surface area contributed by atoms with Crippen LogP contribution in [-0.2, 0) is 0 Å². The van der Waals surface area contributed by atoms with Gasteiger partial charge in [0.2, 0.25) is 0 Å². The molecule has 2 aromatic carbocycles. The lowest BCUT2D eigenvalue weighted by atomic mass is 9.92. The van der Waals surface area contributed by atoms with Gasteiger partial charge in [0.1, 0.15) is 5.82 Å². The van der Waals surface area contributed by atoms with Gasteiger partial charge in [-0.3, -0.25) is 9.78 Å². The van der Waals surface area contributed by atoms with E-state index in [9.17, 15) is 9.18 Å². The largest absolute Gasteiger partial charge is 0.339 e. The first-order valence-electron chi connectivity index (χ1n) is 9.77. The van der Waals surface area contributed by atoms with Gasteiger partial charge in [-0.1, -0.05) is 30.3 Å². The van der Waals surface area contributed by atoms with Crippen LogP contribution >= 0.6 is 0 Å². The fourth-order valence-corrected chi connectivity index (χ4v) is 3.85. The quantitative estimate of drug-likeness (QED) is 0.623. The van der Waals surface area contributed by atoms with E-state index in [1.165, 1.54) is 17.7 Å². The van der Waals surface area contributed by atoms with Gasteiger partial charge in [-0.05, 0) is 67.1 Å². The summed E-state index contributed by atoms with van der Waals surface area (Å²) in [6.45, 7) is 1.54. The molecule has 1 saturated heterocycles. The molecule has 0 unspecified atom stereocenters. The lowest BCUT2D eigenvalue weighted by Crippen LogP contribution is -2.32. The van der Waals surface area contributed by atoms with Gasteiger partial charge >= 0.3 is 0 Å². The van der Waals surface area contributed by atoms with Crippen LogP contribution in [-0.4, -0.2) is 28.9 Å². The number of hydrogen-bond acceptors (Lipinski definition) is 2. The van der Waals surface area contributed by atoms with Crippen LogP contribution in [0, 0.1) is 5.82 Å². The summed E-state index contributed by atoms with van der Waals surface area (Å²) in [6, 6.07) is 20.4. The number of pyridine rings is 1. The molecule has 1 aromatic heterocycles. The van der Waals surface area contributed by atoms with E-state index in [0.29, 0.717) is 11.5 Å². The second-order valence-corrected chi connectivity index (χ2v) is 7.27. The molecule has 1 fully saturated rings. The first kappa shape index (κ1) is 18.4. The molecular formula is C24H23FN2O. The number of aromatic nitrogens is 1. The monoisotopic (exact) mass is 374 g/mol. The molecule has 2 heterocycles. The lowest BCUT2D eigenvalue weighted by Gasteiger charge is -2.21. The number of benzene rings is 2. The molecule has 0 N–H and O–H groups in total. The summed E-state index contributed by atoms with van der Waals surface area (Å²) < 4.78 is 13.1. The summed E-state index contributed by atoms with van der Waals surface area (Å²) in [5.41, 5.74) is 3.53. The highest BCUT2D eigenvalue weighted by atomic mass is 19.1. The van der Waals surface area contributed by atoms with Crippen LogP contribution in [0.5, 0.6) is 0 Å². The van der Waals surface area contributed by atoms with Gasteiger partial charge in [-0.2, -0.15) is 0 Å². The fraction of sp³-hybridized carbons (Fsp3) is 0.250. The van der Waals surface area contributed by atoms with Crippen molar-refractivity contribution in [2.45, 2.75) is 25.2 Å². The van der Waals surface area contributed by atoms with E-state index < -0.39 is 0 Å². The third-order valence-electron chi connectivity index (χ3n) is 5.44. The second kappa shape index (κ2) is 8.34. The number of amides is 1. The fourth-order valence-electron chi connectivity index (χ4n) is 3.85. The normalized spacial score (nSPS) is 17.2. The van der Waals surface area contributed by atoms with E-state index in [1.807, 2.05) is 23.1 Å². The Balaban J connectivity index is 1.43. The first-order chi connectivity index (χ1) is 13.7. The van der Waals surface area contributed by atoms with Crippen LogP contribution in [0.1, 0.15) is 41.1 Å². The van der Waals surface area contributed by atoms with E-state index in [2.05, 4.69) is 29.2 Å². The molecule has 0 bridgehead atoms. The molecule has 3 nitrogen and oxygen atoms in total. The summed E-state index contributed by atoms with van der Waals surface area (Å²) in [6.07, 6.45) is 4.72. The number of likely N-dealkylation sites (tertiary alicyclic amines) is 1. The number of carbonyl (C=O) groups excluding carboxylic acids is 1. The average molecular weight is 374 g/mol. The molecule has 1 aliphatic heterocycles. The number of halogens is 1. The van der Waals surface area contributed by atoms with Gasteiger partial charge < -0.3 is 4.90 Å². The van der Waals surface area contributed by atoms with Gasteiger partial charge in [-0.25, -0.2) is 4.39 Å². The SMILES string of the molecule is O=C(c1ccc(-c2ccc(F)cc2)nc1)N1CCC[C@@H](c2ccccc2)CC1. The van der Waals surface area contributed by atoms with Gasteiger partial charge in [0.05, 0.1) is 11.3 Å². The highest BCUT2D eigenvalue weighted by Gasteiger charge is 2.22. The summed E-state index contributed by atoms with van der Waals surface area (Å²) in [7, 11) is 0. The maximum absolute atomic E-state index is 13.1. The zero-order valence-electron chi connectivity index (χ0n) is 15.7. The molecule has 0 saturated carbocycles. The summed E-state index contributed by atoms with van der Waals surface area (Å²) in [5.74, 6) is 0.273. The number of carbonyl (C=O) groups is 1. The third kappa shape index (κ3) is 4.11. The van der Waals surface area contributed by atoms with Crippen LogP contribution in [0.3, 0.4) is 0 Å². The zero-order chi connectivity index (χ0) is 19.3. The predicted octanol–water partition coefficient (Wildman–Crippen LogP) is 5.30. The van der Waals surface area contributed by atoms with Crippen molar-refractivity contribution in [3.8, 4) is 11.3 Å². The molecule has 28 heavy (non-hydrogen) atoms. The van der Waals surface area contributed by atoms with Crippen molar-refractivity contribution in [1.29, 1.82) is 0 Å². The molecule has 4 heteroatoms. The van der Waals surface area contributed by atoms with Crippen molar-refractivity contribution >= 4 is 5.91 Å². The van der Waals surface area contributed by atoms with Gasteiger partial charge in [0.25, 0.3) is 5.91 Å². The molecule has 1 atom stereocenters. The van der Waals surface area contributed by atoms with Crippen molar-refractivity contribution in [2.75, 3.05) is 13.1 Å². The molecule has 0 spiro atoms. The minimum Gasteiger partial charge on any atom is -0.339 e. The Morgan fingerprint density at radius 1 is 0.929 bits per heavy atom. The Bertz CT molecular complexity index is 923. The Labute approximate surface area is 164 Å². The number of hydrogen-bond donors (Lipinski definition) is 0. The molecule has 0 aliphatic carbocycles. The highest BCUT2D eigenvalue weighted by Crippen LogP contribution is 2.28. The third-order valence-corrected chi connectivity index (χ3v) is 5.44. The Morgan fingerprint density at radius 2 is 1.71 bits per heavy atom. The van der Waals surface area contributed by atoms with E-state index in [4.69, 9.17) is 0 Å². The van der Waals surface area contributed by atoms with E-state index in [-0.39, 0.29) is 11.7 Å². The molecule has 4 rings (SSSR count). The minimum absolute atomic E-state index is 0.0341. The zero-order valence-corrected chi connectivity index (χ0v) is 15.7. The smallest absolute Gasteiger partial charge is 0.255 e. The average Bonchev–Trinajstić information content (AvgIpc) is 3.01. The maximum atomic E-state index is 13.1. The first-order valence-corrected chi connectivity index (χ1v) is 9.77. The molecule has 1 amide bonds. The van der Waals surface area contributed by atoms with E-state index in [0.717, 1.165) is 43.6 Å². The highest BCUT2D eigenvalue weighted by molar-refractivity contribution is 5.94. The Morgan fingerprint density at radius 3 is 2.43 bits per heavy atom. The van der Waals surface area contributed by atoms with Crippen molar-refractivity contribution < 1.29 is 9.18 Å². The molecular weight excluding hydrogens is 351 g/mol. The van der Waals surface area contributed by atoms with Crippen molar-refractivity contribution in [3.05, 3.63) is 89.9 Å². The molecule has 1 aliphatic rings. The maximum Gasteiger partial charge on any atom is 0.255 e. The van der Waals surface area contributed by atoms with E-state index in [1.54, 1.807) is 18.3 Å². The Kier molecular flexibility index (Phi) is 5.47. The van der Waals surface area contributed by atoms with Crippen molar-refractivity contribution in [2.24, 2.45) is 0 Å². The number of rotatable bonds is 3. The minimum atomic E-state index is -0.273. The van der Waals surface area contributed by atoms with Gasteiger partial charge in [0, 0.05) is 24.8 Å². The van der Waals surface area contributed by atoms with E-state index >= 15 is 0 Å². The summed E-state index contributed by atoms with van der Waals surface area (Å²) in [5, 5.41) is 0. The Hall–Kier alpha value is -3.01. The summed E-state index contributed by atoms with van der Waals surface area (Å²) in [4.78, 5) is 19.3. The van der Waals surface area contributed by atoms with Crippen LogP contribution in [0.2, 0.25) is 0 Å². The van der Waals surface area contributed by atoms with Gasteiger partial charge in [0.15, 0.2) is 0 Å². The van der Waals surface area contributed by atoms with Crippen molar-refractivity contribution in [1.82, 2.24) is 9.88 Å².